The van der Waals surface area contributed by atoms with E-state index in [-0.39, 0.29) is 5.91 Å². The number of hydrogen-bond donors (Lipinski definition) is 1. The van der Waals surface area contributed by atoms with Gasteiger partial charge in [-0.3, -0.25) is 15.0 Å². The molecule has 2 aromatic carbocycles. The number of carbonyl (C=O) groups is 2. The van der Waals surface area contributed by atoms with Crippen LogP contribution in [0.1, 0.15) is 45.4 Å². The van der Waals surface area contributed by atoms with Crippen LogP contribution >= 0.6 is 11.8 Å². The molecule has 2 atom stereocenters. The van der Waals surface area contributed by atoms with Crippen molar-refractivity contribution in [1.82, 2.24) is 4.90 Å². The van der Waals surface area contributed by atoms with Crippen LogP contribution in [0.15, 0.2) is 52.3 Å². The number of ether oxygens (including phenoxy) is 1. The molecule has 1 N–H and O–H groups in total. The van der Waals surface area contributed by atoms with Crippen LogP contribution < -0.4 is 10.2 Å². The van der Waals surface area contributed by atoms with E-state index in [1.165, 1.54) is 38.8 Å². The zero-order valence-electron chi connectivity index (χ0n) is 19.1. The van der Waals surface area contributed by atoms with E-state index in [0.29, 0.717) is 30.7 Å². The van der Waals surface area contributed by atoms with Gasteiger partial charge in [0.05, 0.1) is 18.0 Å². The van der Waals surface area contributed by atoms with Gasteiger partial charge in [0.15, 0.2) is 0 Å². The molecule has 3 heterocycles. The minimum absolute atomic E-state index is 0.134. The Bertz CT molecular complexity index is 1040. The van der Waals surface area contributed by atoms with Crippen molar-refractivity contribution in [2.75, 3.05) is 29.9 Å². The van der Waals surface area contributed by atoms with Crippen molar-refractivity contribution in [3.63, 3.8) is 0 Å². The van der Waals surface area contributed by atoms with E-state index in [2.05, 4.69) is 16.3 Å². The highest BCUT2D eigenvalue weighted by atomic mass is 32.2. The van der Waals surface area contributed by atoms with E-state index in [1.54, 1.807) is 18.7 Å². The summed E-state index contributed by atoms with van der Waals surface area (Å²) in [5.74, 6) is 0.535. The number of nitrogens with zero attached hydrogens (tertiary/aromatic N) is 2. The average molecular weight is 466 g/mol. The first kappa shape index (κ1) is 22.3. The van der Waals surface area contributed by atoms with Gasteiger partial charge in [-0.25, -0.2) is 4.79 Å². The van der Waals surface area contributed by atoms with E-state index >= 15 is 0 Å². The molecule has 2 fully saturated rings. The van der Waals surface area contributed by atoms with Crippen LogP contribution in [-0.2, 0) is 9.53 Å². The summed E-state index contributed by atoms with van der Waals surface area (Å²) in [7, 11) is 0. The molecule has 0 bridgehead atoms. The van der Waals surface area contributed by atoms with E-state index in [4.69, 9.17) is 4.74 Å². The number of benzene rings is 2. The van der Waals surface area contributed by atoms with E-state index in [1.807, 2.05) is 41.3 Å². The van der Waals surface area contributed by atoms with Gasteiger partial charge >= 0.3 is 6.09 Å². The Kier molecular flexibility index (Phi) is 6.60. The molecule has 3 aliphatic heterocycles. The minimum Gasteiger partial charge on any atom is -0.450 e. The molecular weight excluding hydrogens is 434 g/mol. The smallest absolute Gasteiger partial charge is 0.411 e. The second kappa shape index (κ2) is 9.77. The monoisotopic (exact) mass is 465 g/mol. The number of carbonyl (C=O) groups excluding carboxylic acids is 2. The zero-order chi connectivity index (χ0) is 22.8. The highest BCUT2D eigenvalue weighted by molar-refractivity contribution is 7.99. The lowest BCUT2D eigenvalue weighted by atomic mass is 9.81. The fraction of sp³-hybridized carbons (Fsp3) is 0.462. The van der Waals surface area contributed by atoms with Crippen LogP contribution in [0.25, 0.3) is 0 Å². The third-order valence-corrected chi connectivity index (χ3v) is 8.09. The molecule has 2 saturated heterocycles. The van der Waals surface area contributed by atoms with Crippen molar-refractivity contribution in [2.45, 2.75) is 61.3 Å². The molecule has 0 aromatic heterocycles. The number of anilines is 3. The van der Waals surface area contributed by atoms with Crippen LogP contribution in [0.2, 0.25) is 0 Å². The topological polar surface area (TPSA) is 61.9 Å². The van der Waals surface area contributed by atoms with Gasteiger partial charge in [-0.05, 0) is 81.9 Å². The Labute approximate surface area is 199 Å². The summed E-state index contributed by atoms with van der Waals surface area (Å²) in [6.45, 7) is 4.43. The summed E-state index contributed by atoms with van der Waals surface area (Å²) in [5.41, 5.74) is 2.38. The molecule has 0 spiro atoms. The zero-order valence-corrected chi connectivity index (χ0v) is 19.9. The lowest BCUT2D eigenvalue weighted by Crippen LogP contribution is -2.49. The SMILES string of the molecule is CCOC(=O)Nc1ccc2c(c1)N(C(=O)C[C@@H]1CCCN3CCCC[C@H]13)c1ccccc1S2. The van der Waals surface area contributed by atoms with Gasteiger partial charge in [0.25, 0.3) is 0 Å². The molecule has 0 aliphatic carbocycles. The molecule has 2 aromatic rings. The van der Waals surface area contributed by atoms with Gasteiger partial charge in [-0.1, -0.05) is 30.3 Å². The van der Waals surface area contributed by atoms with Gasteiger partial charge < -0.3 is 9.64 Å². The maximum Gasteiger partial charge on any atom is 0.411 e. The molecular formula is C26H31N3O3S. The first-order valence-electron chi connectivity index (χ1n) is 12.1. The normalized spacial score (nSPS) is 22.0. The third-order valence-electron chi connectivity index (χ3n) is 6.96. The van der Waals surface area contributed by atoms with E-state index in [9.17, 15) is 9.59 Å². The molecule has 174 valence electrons. The van der Waals surface area contributed by atoms with Crippen LogP contribution in [0.3, 0.4) is 0 Å². The Hall–Kier alpha value is -2.51. The van der Waals surface area contributed by atoms with Crippen LogP contribution in [0, 0.1) is 5.92 Å². The number of rotatable bonds is 4. The highest BCUT2D eigenvalue weighted by Gasteiger charge is 2.36. The molecule has 3 aliphatic rings. The second-order valence-electron chi connectivity index (χ2n) is 9.03. The maximum atomic E-state index is 13.9. The van der Waals surface area contributed by atoms with Crippen molar-refractivity contribution in [3.05, 3.63) is 42.5 Å². The quantitative estimate of drug-likeness (QED) is 0.597. The van der Waals surface area contributed by atoms with E-state index < -0.39 is 6.09 Å². The van der Waals surface area contributed by atoms with Crippen molar-refractivity contribution in [1.29, 1.82) is 0 Å². The van der Waals surface area contributed by atoms with Gasteiger partial charge in [-0.15, -0.1) is 0 Å². The predicted molar refractivity (Wildman–Crippen MR) is 131 cm³/mol. The Morgan fingerprint density at radius 2 is 1.85 bits per heavy atom. The predicted octanol–water partition coefficient (Wildman–Crippen LogP) is 6.04. The minimum atomic E-state index is -0.487. The summed E-state index contributed by atoms with van der Waals surface area (Å²) in [6, 6.07) is 14.3. The summed E-state index contributed by atoms with van der Waals surface area (Å²) in [5, 5.41) is 2.78. The summed E-state index contributed by atoms with van der Waals surface area (Å²) in [6.07, 6.45) is 6.10. The third kappa shape index (κ3) is 4.62. The van der Waals surface area contributed by atoms with Gasteiger partial charge in [0, 0.05) is 27.9 Å². The van der Waals surface area contributed by atoms with Gasteiger partial charge in [0.2, 0.25) is 5.91 Å². The lowest BCUT2D eigenvalue weighted by Gasteiger charge is -2.44. The van der Waals surface area contributed by atoms with Crippen molar-refractivity contribution < 1.29 is 14.3 Å². The van der Waals surface area contributed by atoms with Crippen LogP contribution in [0.5, 0.6) is 0 Å². The number of para-hydroxylation sites is 1. The van der Waals surface area contributed by atoms with Crippen molar-refractivity contribution >= 4 is 40.8 Å². The highest BCUT2D eigenvalue weighted by Crippen LogP contribution is 2.49. The largest absolute Gasteiger partial charge is 0.450 e. The van der Waals surface area contributed by atoms with Crippen LogP contribution in [0.4, 0.5) is 21.9 Å². The Morgan fingerprint density at radius 1 is 1.03 bits per heavy atom. The summed E-state index contributed by atoms with van der Waals surface area (Å²) >= 11 is 1.66. The molecule has 0 radical (unpaired) electrons. The lowest BCUT2D eigenvalue weighted by molar-refractivity contribution is -0.120. The summed E-state index contributed by atoms with van der Waals surface area (Å²) < 4.78 is 5.03. The Balaban J connectivity index is 1.44. The molecule has 5 rings (SSSR count). The number of hydrogen-bond acceptors (Lipinski definition) is 5. The molecule has 0 unspecified atom stereocenters. The van der Waals surface area contributed by atoms with Gasteiger partial charge in [-0.2, -0.15) is 0 Å². The number of piperidine rings is 2. The molecule has 33 heavy (non-hydrogen) atoms. The first-order valence-corrected chi connectivity index (χ1v) is 12.9. The molecule has 2 amide bonds. The fourth-order valence-corrected chi connectivity index (χ4v) is 6.56. The standard InChI is InChI=1S/C26H31N3O3S/c1-2-32-26(31)27-19-12-13-24-22(17-19)29(21-10-3-4-11-23(21)33-24)25(30)16-18-8-7-15-28-14-6-5-9-20(18)28/h3-4,10-13,17-18,20H,2,5-9,14-16H2,1H3,(H,27,31)/t18-,20+/m0/s1. The number of nitrogens with one attached hydrogen (secondary N) is 1. The first-order chi connectivity index (χ1) is 16.1. The summed E-state index contributed by atoms with van der Waals surface area (Å²) in [4.78, 5) is 32.4. The Morgan fingerprint density at radius 3 is 2.73 bits per heavy atom. The second-order valence-corrected chi connectivity index (χ2v) is 10.1. The van der Waals surface area contributed by atoms with E-state index in [0.717, 1.165) is 27.6 Å². The number of fused-ring (bicyclic) bond motifs is 3. The van der Waals surface area contributed by atoms with Crippen LogP contribution in [-0.4, -0.2) is 42.6 Å². The fourth-order valence-electron chi connectivity index (χ4n) is 5.52. The average Bonchev–Trinajstić information content (AvgIpc) is 2.83. The van der Waals surface area contributed by atoms with Gasteiger partial charge in [0.1, 0.15) is 0 Å². The molecule has 7 heteroatoms. The molecule has 0 saturated carbocycles. The van der Waals surface area contributed by atoms with Crippen molar-refractivity contribution in [2.24, 2.45) is 5.92 Å². The van der Waals surface area contributed by atoms with Crippen molar-refractivity contribution in [3.8, 4) is 0 Å². The number of amides is 2. The molecule has 6 nitrogen and oxygen atoms in total. The maximum absolute atomic E-state index is 13.9.